The summed E-state index contributed by atoms with van der Waals surface area (Å²) in [5, 5.41) is 4.59. The number of amides is 2. The molecule has 0 unspecified atom stereocenters. The molecule has 1 aromatic carbocycles. The van der Waals surface area contributed by atoms with Crippen LogP contribution in [0.1, 0.15) is 17.4 Å². The molecule has 2 aliphatic rings. The molecule has 7 nitrogen and oxygen atoms in total. The highest BCUT2D eigenvalue weighted by Crippen LogP contribution is 2.45. The maximum absolute atomic E-state index is 12.7. The third-order valence-electron chi connectivity index (χ3n) is 5.11. The standard InChI is InChI=1S/C21H19N3O4S2/c1-12(25)24-7-6-13-17(10-24)30-21(23-19(26)15-11-27-8-9-28-15)18(13)20-22-14-4-2-3-5-16(14)29-20/h2-5,11H,6-10H2,1H3,(H,23,26). The van der Waals surface area contributed by atoms with Crippen molar-refractivity contribution in [1.29, 1.82) is 0 Å². The van der Waals surface area contributed by atoms with E-state index in [1.807, 2.05) is 29.2 Å². The molecule has 0 aliphatic carbocycles. The van der Waals surface area contributed by atoms with Crippen LogP contribution in [0.4, 0.5) is 5.00 Å². The van der Waals surface area contributed by atoms with Crippen LogP contribution < -0.4 is 5.32 Å². The number of thiophene rings is 1. The number of thiazole rings is 1. The number of fused-ring (bicyclic) bond motifs is 2. The molecule has 0 spiro atoms. The second kappa shape index (κ2) is 7.73. The Bertz CT molecular complexity index is 1150. The van der Waals surface area contributed by atoms with E-state index >= 15 is 0 Å². The second-order valence-corrected chi connectivity index (χ2v) is 9.18. The van der Waals surface area contributed by atoms with Crippen LogP contribution >= 0.6 is 22.7 Å². The molecule has 9 heteroatoms. The Hall–Kier alpha value is -2.91. The number of rotatable bonds is 3. The first-order valence-corrected chi connectivity index (χ1v) is 11.3. The summed E-state index contributed by atoms with van der Waals surface area (Å²) < 4.78 is 11.7. The molecule has 0 radical (unpaired) electrons. The Kier molecular flexibility index (Phi) is 4.92. The molecule has 0 bridgehead atoms. The Morgan fingerprint density at radius 3 is 2.83 bits per heavy atom. The highest BCUT2D eigenvalue weighted by Gasteiger charge is 2.29. The zero-order valence-electron chi connectivity index (χ0n) is 16.3. The van der Waals surface area contributed by atoms with E-state index in [1.54, 1.807) is 18.3 Å². The average molecular weight is 442 g/mol. The smallest absolute Gasteiger partial charge is 0.294 e. The van der Waals surface area contributed by atoms with Crippen molar-refractivity contribution in [1.82, 2.24) is 9.88 Å². The zero-order chi connectivity index (χ0) is 20.7. The molecule has 154 valence electrons. The van der Waals surface area contributed by atoms with Gasteiger partial charge in [0.15, 0.2) is 0 Å². The molecule has 0 atom stereocenters. The van der Waals surface area contributed by atoms with Crippen LogP contribution in [-0.4, -0.2) is 41.5 Å². The van der Waals surface area contributed by atoms with Gasteiger partial charge in [0.1, 0.15) is 29.5 Å². The van der Waals surface area contributed by atoms with Gasteiger partial charge in [0.25, 0.3) is 5.91 Å². The van der Waals surface area contributed by atoms with E-state index in [1.165, 1.54) is 17.6 Å². The van der Waals surface area contributed by atoms with Gasteiger partial charge < -0.3 is 19.7 Å². The topological polar surface area (TPSA) is 80.8 Å². The lowest BCUT2D eigenvalue weighted by molar-refractivity contribution is -0.129. The molecular weight excluding hydrogens is 422 g/mol. The normalized spacial score (nSPS) is 15.8. The minimum atomic E-state index is -0.348. The third-order valence-corrected chi connectivity index (χ3v) is 7.30. The quantitative estimate of drug-likeness (QED) is 0.670. The van der Waals surface area contributed by atoms with Crippen molar-refractivity contribution in [3.8, 4) is 10.6 Å². The van der Waals surface area contributed by atoms with Crippen molar-refractivity contribution in [2.45, 2.75) is 19.9 Å². The van der Waals surface area contributed by atoms with E-state index in [9.17, 15) is 9.59 Å². The summed E-state index contributed by atoms with van der Waals surface area (Å²) in [6.45, 7) is 3.57. The highest BCUT2D eigenvalue weighted by atomic mass is 32.1. The van der Waals surface area contributed by atoms with E-state index in [2.05, 4.69) is 5.32 Å². The van der Waals surface area contributed by atoms with Gasteiger partial charge in [-0.25, -0.2) is 4.98 Å². The van der Waals surface area contributed by atoms with Gasteiger partial charge in [-0.15, -0.1) is 22.7 Å². The van der Waals surface area contributed by atoms with Crippen LogP contribution in [-0.2, 0) is 32.0 Å². The van der Waals surface area contributed by atoms with Gasteiger partial charge in [0, 0.05) is 23.9 Å². The number of hydrogen-bond acceptors (Lipinski definition) is 7. The fraction of sp³-hybridized carbons (Fsp3) is 0.286. The van der Waals surface area contributed by atoms with Gasteiger partial charge in [0.2, 0.25) is 11.7 Å². The Morgan fingerprint density at radius 2 is 2.07 bits per heavy atom. The van der Waals surface area contributed by atoms with Crippen LogP contribution in [0.5, 0.6) is 0 Å². The number of hydrogen-bond donors (Lipinski definition) is 1. The van der Waals surface area contributed by atoms with Crippen LogP contribution in [0.25, 0.3) is 20.8 Å². The summed E-state index contributed by atoms with van der Waals surface area (Å²) in [7, 11) is 0. The first-order valence-electron chi connectivity index (χ1n) is 9.62. The fourth-order valence-electron chi connectivity index (χ4n) is 3.62. The van der Waals surface area contributed by atoms with Crippen molar-refractivity contribution in [2.75, 3.05) is 25.1 Å². The van der Waals surface area contributed by atoms with E-state index in [4.69, 9.17) is 14.5 Å². The second-order valence-electron chi connectivity index (χ2n) is 7.04. The number of anilines is 1. The van der Waals surface area contributed by atoms with Gasteiger partial charge in [-0.2, -0.15) is 0 Å². The maximum Gasteiger partial charge on any atom is 0.294 e. The largest absolute Gasteiger partial charge is 0.494 e. The van der Waals surface area contributed by atoms with Crippen molar-refractivity contribution in [3.63, 3.8) is 0 Å². The predicted molar refractivity (Wildman–Crippen MR) is 116 cm³/mol. The molecular formula is C21H19N3O4S2. The lowest BCUT2D eigenvalue weighted by Crippen LogP contribution is -2.33. The summed E-state index contributed by atoms with van der Waals surface area (Å²) in [5.74, 6) is -0.133. The Morgan fingerprint density at radius 1 is 1.20 bits per heavy atom. The number of ether oxygens (including phenoxy) is 2. The minimum absolute atomic E-state index is 0.0547. The Balaban J connectivity index is 1.57. The lowest BCUT2D eigenvalue weighted by atomic mass is 10.0. The zero-order valence-corrected chi connectivity index (χ0v) is 17.9. The molecule has 30 heavy (non-hydrogen) atoms. The van der Waals surface area contributed by atoms with Gasteiger partial charge >= 0.3 is 0 Å². The van der Waals surface area contributed by atoms with Gasteiger partial charge in [-0.1, -0.05) is 12.1 Å². The SMILES string of the molecule is CC(=O)N1CCc2c(sc(NC(=O)C3=COCCO3)c2-c2nc3ccccc3s2)C1. The van der Waals surface area contributed by atoms with E-state index in [0.717, 1.165) is 42.7 Å². The summed E-state index contributed by atoms with van der Waals surface area (Å²) >= 11 is 3.10. The number of nitrogens with one attached hydrogen (secondary N) is 1. The molecule has 0 saturated heterocycles. The molecule has 3 aromatic rings. The lowest BCUT2D eigenvalue weighted by Gasteiger charge is -2.26. The number of benzene rings is 1. The number of carbonyl (C=O) groups excluding carboxylic acids is 2. The molecule has 5 rings (SSSR count). The Labute approximate surface area is 180 Å². The molecule has 2 amide bonds. The molecule has 4 heterocycles. The maximum atomic E-state index is 12.7. The van der Waals surface area contributed by atoms with Gasteiger partial charge in [0.05, 0.1) is 16.8 Å². The predicted octanol–water partition coefficient (Wildman–Crippen LogP) is 3.76. The van der Waals surface area contributed by atoms with Gasteiger partial charge in [-0.05, 0) is 24.1 Å². The average Bonchev–Trinajstić information content (AvgIpc) is 3.34. The minimum Gasteiger partial charge on any atom is -0.494 e. The summed E-state index contributed by atoms with van der Waals surface area (Å²) in [4.78, 5) is 32.4. The fourth-order valence-corrected chi connectivity index (χ4v) is 5.99. The van der Waals surface area contributed by atoms with Crippen LogP contribution in [0.15, 0.2) is 36.3 Å². The number of carbonyl (C=O) groups is 2. The first-order chi connectivity index (χ1) is 14.6. The molecule has 0 saturated carbocycles. The number of aromatic nitrogens is 1. The first kappa shape index (κ1) is 19.1. The van der Waals surface area contributed by atoms with Crippen molar-refractivity contribution in [2.24, 2.45) is 0 Å². The number of para-hydroxylation sites is 1. The van der Waals surface area contributed by atoms with Crippen molar-refractivity contribution >= 4 is 49.7 Å². The molecule has 2 aromatic heterocycles. The molecule has 2 aliphatic heterocycles. The van der Waals surface area contributed by atoms with E-state index in [0.29, 0.717) is 26.3 Å². The summed E-state index contributed by atoms with van der Waals surface area (Å²) in [5.41, 5.74) is 3.04. The van der Waals surface area contributed by atoms with Crippen molar-refractivity contribution < 1.29 is 19.1 Å². The van der Waals surface area contributed by atoms with Crippen LogP contribution in [0, 0.1) is 0 Å². The molecule has 0 fully saturated rings. The van der Waals surface area contributed by atoms with E-state index < -0.39 is 0 Å². The van der Waals surface area contributed by atoms with Gasteiger partial charge in [-0.3, -0.25) is 9.59 Å². The summed E-state index contributed by atoms with van der Waals surface area (Å²) in [6.07, 6.45) is 2.08. The number of nitrogens with zero attached hydrogens (tertiary/aromatic N) is 2. The molecule has 1 N–H and O–H groups in total. The monoisotopic (exact) mass is 441 g/mol. The van der Waals surface area contributed by atoms with Crippen LogP contribution in [0.3, 0.4) is 0 Å². The highest BCUT2D eigenvalue weighted by molar-refractivity contribution is 7.23. The van der Waals surface area contributed by atoms with E-state index in [-0.39, 0.29) is 17.6 Å². The van der Waals surface area contributed by atoms with Crippen molar-refractivity contribution in [3.05, 3.63) is 46.7 Å². The van der Waals surface area contributed by atoms with Crippen LogP contribution in [0.2, 0.25) is 0 Å². The summed E-state index contributed by atoms with van der Waals surface area (Å²) in [6, 6.07) is 7.99. The third kappa shape index (κ3) is 3.44.